The second-order valence-corrected chi connectivity index (χ2v) is 8.33. The summed E-state index contributed by atoms with van der Waals surface area (Å²) in [5.74, 6) is -0.0273. The first-order valence-electron chi connectivity index (χ1n) is 7.17. The van der Waals surface area contributed by atoms with Crippen LogP contribution in [0.25, 0.3) is 0 Å². The fourth-order valence-corrected chi connectivity index (χ4v) is 5.52. The molecule has 1 fully saturated rings. The van der Waals surface area contributed by atoms with Crippen molar-refractivity contribution in [1.29, 1.82) is 0 Å². The minimum absolute atomic E-state index is 0.114. The standard InChI is InChI=1S/C15H22ClNO3S/c1-3-20-10-15(9-17)13(14(15)21(18,19)4-2)11-6-5-7-12(16)8-11/h5-8,13-14H,3-4,9-10,17H2,1-2H3/t13-,14-,15-/m1/s1. The molecule has 0 spiro atoms. The lowest BCUT2D eigenvalue weighted by Crippen LogP contribution is -2.29. The van der Waals surface area contributed by atoms with Crippen molar-refractivity contribution in [2.24, 2.45) is 11.1 Å². The average Bonchev–Trinajstić information content (AvgIpc) is 3.15. The van der Waals surface area contributed by atoms with E-state index in [1.807, 2.05) is 25.1 Å². The maximum absolute atomic E-state index is 12.4. The SMILES string of the molecule is CCOC[C@]1(CN)[C@H](c2cccc(Cl)c2)[C@H]1S(=O)(=O)CC. The average molecular weight is 332 g/mol. The quantitative estimate of drug-likeness (QED) is 0.831. The molecule has 0 amide bonds. The minimum atomic E-state index is -3.19. The van der Waals surface area contributed by atoms with E-state index in [4.69, 9.17) is 22.1 Å². The Morgan fingerprint density at radius 3 is 2.62 bits per heavy atom. The molecule has 0 aromatic heterocycles. The Morgan fingerprint density at radius 2 is 2.10 bits per heavy atom. The zero-order chi connectivity index (χ0) is 15.7. The molecule has 118 valence electrons. The molecule has 0 bridgehead atoms. The maximum atomic E-state index is 12.4. The highest BCUT2D eigenvalue weighted by Gasteiger charge is 2.69. The van der Waals surface area contributed by atoms with Crippen molar-refractivity contribution in [3.8, 4) is 0 Å². The van der Waals surface area contributed by atoms with Crippen LogP contribution in [0.15, 0.2) is 24.3 Å². The van der Waals surface area contributed by atoms with E-state index in [0.29, 0.717) is 18.2 Å². The molecular weight excluding hydrogens is 310 g/mol. The van der Waals surface area contributed by atoms with Crippen LogP contribution in [0.2, 0.25) is 5.02 Å². The molecule has 6 heteroatoms. The van der Waals surface area contributed by atoms with Crippen LogP contribution >= 0.6 is 11.6 Å². The van der Waals surface area contributed by atoms with Gasteiger partial charge in [0, 0.05) is 35.3 Å². The normalized spacial score (nSPS) is 28.6. The Labute approximate surface area is 131 Å². The first-order valence-corrected chi connectivity index (χ1v) is 9.27. The third-order valence-electron chi connectivity index (χ3n) is 4.33. The van der Waals surface area contributed by atoms with E-state index in [0.717, 1.165) is 5.56 Å². The molecular formula is C15H22ClNO3S. The Hall–Kier alpha value is -0.620. The number of benzene rings is 1. The van der Waals surface area contributed by atoms with E-state index in [-0.39, 0.29) is 18.2 Å². The Kier molecular flexibility index (Phi) is 4.98. The number of hydrogen-bond acceptors (Lipinski definition) is 4. The van der Waals surface area contributed by atoms with Gasteiger partial charge in [0.15, 0.2) is 9.84 Å². The second kappa shape index (κ2) is 6.24. The van der Waals surface area contributed by atoms with Gasteiger partial charge in [0.2, 0.25) is 0 Å². The predicted molar refractivity (Wildman–Crippen MR) is 85.4 cm³/mol. The van der Waals surface area contributed by atoms with Gasteiger partial charge in [-0.05, 0) is 24.6 Å². The van der Waals surface area contributed by atoms with Crippen molar-refractivity contribution in [1.82, 2.24) is 0 Å². The van der Waals surface area contributed by atoms with Crippen LogP contribution in [0.4, 0.5) is 0 Å². The molecule has 4 nitrogen and oxygen atoms in total. The van der Waals surface area contributed by atoms with Crippen molar-refractivity contribution in [2.75, 3.05) is 25.5 Å². The van der Waals surface area contributed by atoms with Crippen LogP contribution in [0.5, 0.6) is 0 Å². The van der Waals surface area contributed by atoms with Crippen molar-refractivity contribution in [2.45, 2.75) is 25.0 Å². The highest BCUT2D eigenvalue weighted by molar-refractivity contribution is 7.92. The number of sulfone groups is 1. The number of ether oxygens (including phenoxy) is 1. The topological polar surface area (TPSA) is 69.4 Å². The fraction of sp³-hybridized carbons (Fsp3) is 0.600. The molecule has 0 unspecified atom stereocenters. The summed E-state index contributed by atoms with van der Waals surface area (Å²) in [4.78, 5) is 0. The molecule has 1 aliphatic carbocycles. The zero-order valence-corrected chi connectivity index (χ0v) is 14.0. The van der Waals surface area contributed by atoms with Crippen molar-refractivity contribution < 1.29 is 13.2 Å². The molecule has 21 heavy (non-hydrogen) atoms. The summed E-state index contributed by atoms with van der Waals surface area (Å²) < 4.78 is 30.4. The molecule has 2 rings (SSSR count). The van der Waals surface area contributed by atoms with Gasteiger partial charge < -0.3 is 10.5 Å². The van der Waals surface area contributed by atoms with Gasteiger partial charge in [0.05, 0.1) is 11.9 Å². The number of rotatable bonds is 7. The predicted octanol–water partition coefficient (Wildman–Crippen LogP) is 2.22. The maximum Gasteiger partial charge on any atom is 0.154 e. The minimum Gasteiger partial charge on any atom is -0.381 e. The highest BCUT2D eigenvalue weighted by atomic mass is 35.5. The van der Waals surface area contributed by atoms with Crippen LogP contribution in [-0.4, -0.2) is 39.2 Å². The summed E-state index contributed by atoms with van der Waals surface area (Å²) in [7, 11) is -3.19. The van der Waals surface area contributed by atoms with Gasteiger partial charge in [-0.2, -0.15) is 0 Å². The van der Waals surface area contributed by atoms with E-state index in [2.05, 4.69) is 0 Å². The molecule has 1 saturated carbocycles. The highest BCUT2D eigenvalue weighted by Crippen LogP contribution is 2.62. The van der Waals surface area contributed by atoms with Gasteiger partial charge in [-0.25, -0.2) is 8.42 Å². The summed E-state index contributed by atoms with van der Waals surface area (Å²) in [6.07, 6.45) is 0. The molecule has 3 atom stereocenters. The van der Waals surface area contributed by atoms with Gasteiger partial charge in [-0.1, -0.05) is 30.7 Å². The van der Waals surface area contributed by atoms with E-state index in [1.54, 1.807) is 13.0 Å². The van der Waals surface area contributed by atoms with Crippen LogP contribution in [0, 0.1) is 5.41 Å². The molecule has 2 N–H and O–H groups in total. The Balaban J connectivity index is 2.41. The van der Waals surface area contributed by atoms with Crippen molar-refractivity contribution >= 4 is 21.4 Å². The molecule has 1 aromatic carbocycles. The van der Waals surface area contributed by atoms with E-state index in [1.165, 1.54) is 0 Å². The Bertz CT molecular complexity index is 605. The lowest BCUT2D eigenvalue weighted by molar-refractivity contribution is 0.101. The van der Waals surface area contributed by atoms with Gasteiger partial charge in [-0.3, -0.25) is 0 Å². The molecule has 0 aliphatic heterocycles. The van der Waals surface area contributed by atoms with E-state index in [9.17, 15) is 8.42 Å². The molecule has 0 heterocycles. The molecule has 1 aromatic rings. The number of halogens is 1. The lowest BCUT2D eigenvalue weighted by Gasteiger charge is -2.15. The molecule has 0 radical (unpaired) electrons. The molecule has 1 aliphatic rings. The zero-order valence-electron chi connectivity index (χ0n) is 12.4. The van der Waals surface area contributed by atoms with Crippen LogP contribution in [0.3, 0.4) is 0 Å². The van der Waals surface area contributed by atoms with Crippen molar-refractivity contribution in [3.63, 3.8) is 0 Å². The number of hydrogen-bond donors (Lipinski definition) is 1. The third-order valence-corrected chi connectivity index (χ3v) is 6.89. The monoisotopic (exact) mass is 331 g/mol. The van der Waals surface area contributed by atoms with E-state index < -0.39 is 20.5 Å². The smallest absolute Gasteiger partial charge is 0.154 e. The summed E-state index contributed by atoms with van der Waals surface area (Å²) in [6.45, 7) is 4.76. The Morgan fingerprint density at radius 1 is 1.38 bits per heavy atom. The first-order chi connectivity index (χ1) is 9.93. The first kappa shape index (κ1) is 16.7. The van der Waals surface area contributed by atoms with Crippen molar-refractivity contribution in [3.05, 3.63) is 34.9 Å². The van der Waals surface area contributed by atoms with Gasteiger partial charge in [0.1, 0.15) is 0 Å². The van der Waals surface area contributed by atoms with Gasteiger partial charge in [-0.15, -0.1) is 0 Å². The summed E-state index contributed by atoms with van der Waals surface area (Å²) in [5.41, 5.74) is 6.33. The second-order valence-electron chi connectivity index (χ2n) is 5.48. The van der Waals surface area contributed by atoms with Crippen LogP contribution in [0.1, 0.15) is 25.3 Å². The molecule has 0 saturated heterocycles. The fourth-order valence-electron chi connectivity index (χ4n) is 3.17. The number of nitrogens with two attached hydrogens (primary N) is 1. The summed E-state index contributed by atoms with van der Waals surface area (Å²) >= 11 is 6.04. The van der Waals surface area contributed by atoms with Crippen LogP contribution < -0.4 is 5.73 Å². The summed E-state index contributed by atoms with van der Waals surface area (Å²) in [5, 5.41) is 0.124. The van der Waals surface area contributed by atoms with E-state index >= 15 is 0 Å². The lowest BCUT2D eigenvalue weighted by atomic mass is 10.00. The van der Waals surface area contributed by atoms with Crippen LogP contribution in [-0.2, 0) is 14.6 Å². The van der Waals surface area contributed by atoms with Gasteiger partial charge in [0.25, 0.3) is 0 Å². The van der Waals surface area contributed by atoms with Gasteiger partial charge >= 0.3 is 0 Å². The largest absolute Gasteiger partial charge is 0.381 e. The third kappa shape index (κ3) is 2.97. The summed E-state index contributed by atoms with van der Waals surface area (Å²) in [6, 6.07) is 7.36.